The van der Waals surface area contributed by atoms with Gasteiger partial charge in [0.2, 0.25) is 11.8 Å². The van der Waals surface area contributed by atoms with Gasteiger partial charge in [-0.3, -0.25) is 13.9 Å². The summed E-state index contributed by atoms with van der Waals surface area (Å²) in [6.45, 7) is 3.84. The van der Waals surface area contributed by atoms with Crippen LogP contribution in [0.2, 0.25) is 10.0 Å². The Morgan fingerprint density at radius 1 is 0.822 bits per heavy atom. The zero-order valence-corrected chi connectivity index (χ0v) is 29.4. The first-order chi connectivity index (χ1) is 21.5. The molecule has 0 saturated heterocycles. The lowest BCUT2D eigenvalue weighted by molar-refractivity contribution is -0.140. The summed E-state index contributed by atoms with van der Waals surface area (Å²) in [6, 6.07) is 28.3. The van der Waals surface area contributed by atoms with Crippen LogP contribution in [-0.4, -0.2) is 44.3 Å². The van der Waals surface area contributed by atoms with E-state index in [-0.39, 0.29) is 29.7 Å². The van der Waals surface area contributed by atoms with Crippen molar-refractivity contribution in [3.05, 3.63) is 128 Å². The van der Waals surface area contributed by atoms with Crippen LogP contribution in [0, 0.1) is 9.49 Å². The standard InChI is InChI=1S/C34H34Cl2IN3O4S/c1-24(2)21-38-34(42)32(20-25-9-5-3-6-10-25)39(22-26-13-18-30(35)31(36)19-26)33(41)23-40(28-16-14-27(37)15-17-28)45(43,44)29-11-7-4-8-12-29/h3-19,24,32H,20-23H2,1-2H3,(H,38,42)/t32-/m0/s1. The van der Waals surface area contributed by atoms with Crippen LogP contribution >= 0.6 is 45.8 Å². The Bertz CT molecular complexity index is 1710. The highest BCUT2D eigenvalue weighted by Gasteiger charge is 2.34. The highest BCUT2D eigenvalue weighted by molar-refractivity contribution is 14.1. The monoisotopic (exact) mass is 777 g/mol. The number of nitrogens with zero attached hydrogens (tertiary/aromatic N) is 2. The van der Waals surface area contributed by atoms with Gasteiger partial charge >= 0.3 is 0 Å². The molecule has 0 radical (unpaired) electrons. The lowest BCUT2D eigenvalue weighted by Gasteiger charge is -2.34. The molecule has 4 aromatic rings. The van der Waals surface area contributed by atoms with Gasteiger partial charge in [-0.05, 0) is 88.2 Å². The van der Waals surface area contributed by atoms with Gasteiger partial charge in [0, 0.05) is 23.1 Å². The van der Waals surface area contributed by atoms with Crippen molar-refractivity contribution < 1.29 is 18.0 Å². The third-order valence-corrected chi connectivity index (χ3v) is 10.3. The molecule has 0 saturated carbocycles. The number of sulfonamides is 1. The number of hydrogen-bond acceptors (Lipinski definition) is 4. The molecule has 45 heavy (non-hydrogen) atoms. The molecule has 0 aliphatic carbocycles. The Labute approximate surface area is 288 Å². The van der Waals surface area contributed by atoms with Gasteiger partial charge in [-0.25, -0.2) is 8.42 Å². The van der Waals surface area contributed by atoms with E-state index < -0.39 is 28.5 Å². The first kappa shape index (κ1) is 34.7. The van der Waals surface area contributed by atoms with Crippen LogP contribution in [0.3, 0.4) is 0 Å². The third kappa shape index (κ3) is 9.45. The highest BCUT2D eigenvalue weighted by Crippen LogP contribution is 2.27. The van der Waals surface area contributed by atoms with E-state index in [2.05, 4.69) is 27.9 Å². The van der Waals surface area contributed by atoms with Gasteiger partial charge in [0.05, 0.1) is 20.6 Å². The number of halogens is 3. The maximum atomic E-state index is 14.5. The van der Waals surface area contributed by atoms with E-state index in [1.54, 1.807) is 60.7 Å². The zero-order chi connectivity index (χ0) is 32.6. The predicted molar refractivity (Wildman–Crippen MR) is 189 cm³/mol. The van der Waals surface area contributed by atoms with Crippen molar-refractivity contribution in [2.45, 2.75) is 37.8 Å². The van der Waals surface area contributed by atoms with E-state index in [0.717, 1.165) is 13.4 Å². The third-order valence-electron chi connectivity index (χ3n) is 7.02. The molecule has 7 nitrogen and oxygen atoms in total. The first-order valence-electron chi connectivity index (χ1n) is 14.3. The minimum atomic E-state index is -4.16. The van der Waals surface area contributed by atoms with Crippen LogP contribution in [0.25, 0.3) is 0 Å². The molecule has 236 valence electrons. The van der Waals surface area contributed by atoms with Crippen molar-refractivity contribution in [3.8, 4) is 0 Å². The lowest BCUT2D eigenvalue weighted by atomic mass is 10.0. The number of rotatable bonds is 13. The second kappa shape index (κ2) is 15.9. The molecular formula is C34H34Cl2IN3O4S. The average Bonchev–Trinajstić information content (AvgIpc) is 3.03. The van der Waals surface area contributed by atoms with Crippen molar-refractivity contribution in [3.63, 3.8) is 0 Å². The molecule has 4 rings (SSSR count). The Morgan fingerprint density at radius 2 is 1.44 bits per heavy atom. The Morgan fingerprint density at radius 3 is 2.04 bits per heavy atom. The number of carbonyl (C=O) groups is 2. The average molecular weight is 779 g/mol. The number of nitrogens with one attached hydrogen (secondary N) is 1. The van der Waals surface area contributed by atoms with E-state index in [9.17, 15) is 18.0 Å². The molecular weight excluding hydrogens is 744 g/mol. The highest BCUT2D eigenvalue weighted by atomic mass is 127. The molecule has 0 unspecified atom stereocenters. The van der Waals surface area contributed by atoms with Gasteiger partial charge in [-0.2, -0.15) is 0 Å². The van der Waals surface area contributed by atoms with Crippen LogP contribution < -0.4 is 9.62 Å². The van der Waals surface area contributed by atoms with Crippen LogP contribution in [-0.2, 0) is 32.6 Å². The molecule has 11 heteroatoms. The van der Waals surface area contributed by atoms with Crippen LogP contribution in [0.1, 0.15) is 25.0 Å². The number of hydrogen-bond donors (Lipinski definition) is 1. The van der Waals surface area contributed by atoms with E-state index in [1.165, 1.54) is 17.0 Å². The summed E-state index contributed by atoms with van der Waals surface area (Å²) >= 11 is 14.6. The minimum Gasteiger partial charge on any atom is -0.354 e. The Hall–Kier alpha value is -3.12. The summed E-state index contributed by atoms with van der Waals surface area (Å²) < 4.78 is 30.1. The van der Waals surface area contributed by atoms with E-state index in [4.69, 9.17) is 23.2 Å². The largest absolute Gasteiger partial charge is 0.354 e. The minimum absolute atomic E-state index is 0.00572. The van der Waals surface area contributed by atoms with Gasteiger partial charge in [-0.1, -0.05) is 91.6 Å². The Kier molecular flexibility index (Phi) is 12.3. The molecule has 4 aromatic carbocycles. The zero-order valence-electron chi connectivity index (χ0n) is 24.9. The van der Waals surface area contributed by atoms with Crippen molar-refractivity contribution in [1.82, 2.24) is 10.2 Å². The van der Waals surface area contributed by atoms with Crippen molar-refractivity contribution >= 4 is 73.3 Å². The lowest BCUT2D eigenvalue weighted by Crippen LogP contribution is -2.53. The van der Waals surface area contributed by atoms with Crippen LogP contribution in [0.15, 0.2) is 108 Å². The molecule has 1 atom stereocenters. The molecule has 0 bridgehead atoms. The number of anilines is 1. The maximum Gasteiger partial charge on any atom is 0.264 e. The van der Waals surface area contributed by atoms with Crippen molar-refractivity contribution in [2.24, 2.45) is 5.92 Å². The van der Waals surface area contributed by atoms with E-state index in [1.807, 2.05) is 44.2 Å². The van der Waals surface area contributed by atoms with Gasteiger partial charge in [0.15, 0.2) is 0 Å². The van der Waals surface area contributed by atoms with Gasteiger partial charge in [-0.15, -0.1) is 0 Å². The molecule has 0 aliphatic rings. The van der Waals surface area contributed by atoms with Crippen LogP contribution in [0.5, 0.6) is 0 Å². The molecule has 1 N–H and O–H groups in total. The topological polar surface area (TPSA) is 86.8 Å². The Balaban J connectivity index is 1.80. The van der Waals surface area contributed by atoms with Gasteiger partial charge in [0.1, 0.15) is 12.6 Å². The normalized spacial score (nSPS) is 12.0. The summed E-state index contributed by atoms with van der Waals surface area (Å²) in [5.41, 5.74) is 1.81. The molecule has 0 aromatic heterocycles. The number of benzene rings is 4. The number of amides is 2. The van der Waals surface area contributed by atoms with Gasteiger partial charge < -0.3 is 10.2 Å². The number of carbonyl (C=O) groups excluding carboxylic acids is 2. The van der Waals surface area contributed by atoms with Crippen molar-refractivity contribution in [1.29, 1.82) is 0 Å². The molecule has 2 amide bonds. The summed E-state index contributed by atoms with van der Waals surface area (Å²) in [5, 5.41) is 3.64. The molecule has 0 fully saturated rings. The smallest absolute Gasteiger partial charge is 0.264 e. The second-order valence-corrected chi connectivity index (χ2v) is 14.8. The van der Waals surface area contributed by atoms with E-state index >= 15 is 0 Å². The van der Waals surface area contributed by atoms with Crippen molar-refractivity contribution in [2.75, 3.05) is 17.4 Å². The predicted octanol–water partition coefficient (Wildman–Crippen LogP) is 7.21. The summed E-state index contributed by atoms with van der Waals surface area (Å²) in [6.07, 6.45) is 0.215. The van der Waals surface area contributed by atoms with E-state index in [0.29, 0.717) is 27.8 Å². The molecule has 0 heterocycles. The fraction of sp³-hybridized carbons (Fsp3) is 0.235. The second-order valence-electron chi connectivity index (χ2n) is 10.9. The summed E-state index contributed by atoms with van der Waals surface area (Å²) in [4.78, 5) is 29.8. The SMILES string of the molecule is CC(C)CNC(=O)[C@H](Cc1ccccc1)N(Cc1ccc(Cl)c(Cl)c1)C(=O)CN(c1ccc(I)cc1)S(=O)(=O)c1ccccc1. The fourth-order valence-electron chi connectivity index (χ4n) is 4.67. The molecule has 0 aliphatic heterocycles. The first-order valence-corrected chi connectivity index (χ1v) is 17.6. The van der Waals surface area contributed by atoms with Gasteiger partial charge in [0.25, 0.3) is 10.0 Å². The summed E-state index contributed by atoms with van der Waals surface area (Å²) in [7, 11) is -4.16. The van der Waals surface area contributed by atoms with Crippen LogP contribution in [0.4, 0.5) is 5.69 Å². The maximum absolute atomic E-state index is 14.5. The molecule has 0 spiro atoms. The summed E-state index contributed by atoms with van der Waals surface area (Å²) in [5.74, 6) is -0.717. The quantitative estimate of drug-likeness (QED) is 0.146. The fourth-order valence-corrected chi connectivity index (χ4v) is 6.78.